The van der Waals surface area contributed by atoms with E-state index in [0.29, 0.717) is 5.56 Å². The number of carbonyl (C=O) groups is 1. The van der Waals surface area contributed by atoms with Gasteiger partial charge in [-0.2, -0.15) is 0 Å². The third kappa shape index (κ3) is 6.43. The normalized spacial score (nSPS) is 10.9. The Bertz CT molecular complexity index is 1370. The van der Waals surface area contributed by atoms with Crippen LogP contribution in [0.25, 0.3) is 0 Å². The summed E-state index contributed by atoms with van der Waals surface area (Å²) in [5, 5.41) is 0. The van der Waals surface area contributed by atoms with Crippen LogP contribution < -0.4 is 4.72 Å². The van der Waals surface area contributed by atoms with Crippen LogP contribution >= 0.6 is 0 Å². The molecule has 0 atom stereocenters. The molecule has 6 heteroatoms. The van der Waals surface area contributed by atoms with Gasteiger partial charge in [-0.3, -0.25) is 4.79 Å². The zero-order chi connectivity index (χ0) is 23.0. The van der Waals surface area contributed by atoms with Crippen LogP contribution in [0.2, 0.25) is 0 Å². The van der Waals surface area contributed by atoms with E-state index in [1.54, 1.807) is 24.3 Å². The Morgan fingerprint density at radius 2 is 1.50 bits per heavy atom. The molecule has 0 aromatic heterocycles. The maximum atomic E-state index is 13.1. The van der Waals surface area contributed by atoms with Gasteiger partial charge >= 0.3 is 0 Å². The summed E-state index contributed by atoms with van der Waals surface area (Å²) in [5.41, 5.74) is 1.93. The first-order valence-electron chi connectivity index (χ1n) is 9.52. The summed E-state index contributed by atoms with van der Waals surface area (Å²) in [4.78, 5) is 12.7. The molecule has 0 radical (unpaired) electrons. The predicted octanol–water partition coefficient (Wildman–Crippen LogP) is 3.97. The van der Waals surface area contributed by atoms with Gasteiger partial charge in [-0.05, 0) is 55.5 Å². The molecule has 3 aromatic carbocycles. The maximum Gasteiger partial charge on any atom is 0.274 e. The summed E-state index contributed by atoms with van der Waals surface area (Å²) in [6.07, 6.45) is 1.25. The number of aryl methyl sites for hydroxylation is 1. The Morgan fingerprint density at radius 1 is 0.875 bits per heavy atom. The monoisotopic (exact) mass is 443 g/mol. The molecule has 3 aromatic rings. The van der Waals surface area contributed by atoms with E-state index in [1.807, 2.05) is 29.8 Å². The third-order valence-electron chi connectivity index (χ3n) is 4.20. The summed E-state index contributed by atoms with van der Waals surface area (Å²) in [6, 6.07) is 20.6. The minimum Gasteiger partial charge on any atom is -0.267 e. The molecule has 0 heterocycles. The molecule has 3 rings (SSSR count). The van der Waals surface area contributed by atoms with Crippen LogP contribution in [0.15, 0.2) is 95.4 Å². The van der Waals surface area contributed by atoms with Crippen LogP contribution in [-0.2, 0) is 14.8 Å². The summed E-state index contributed by atoms with van der Waals surface area (Å²) in [5.74, 6) is 9.63. The second kappa shape index (κ2) is 10.3. The second-order valence-corrected chi connectivity index (χ2v) is 8.38. The molecule has 0 saturated heterocycles. The molecule has 1 amide bonds. The van der Waals surface area contributed by atoms with Crippen molar-refractivity contribution in [1.29, 1.82) is 0 Å². The molecule has 0 saturated carbocycles. The smallest absolute Gasteiger partial charge is 0.267 e. The lowest BCUT2D eigenvalue weighted by Gasteiger charge is -2.06. The van der Waals surface area contributed by atoms with Gasteiger partial charge in [0.2, 0.25) is 0 Å². The van der Waals surface area contributed by atoms with Crippen LogP contribution in [-0.4, -0.2) is 14.3 Å². The number of benzene rings is 3. The topological polar surface area (TPSA) is 63.2 Å². The first kappa shape index (κ1) is 22.6. The van der Waals surface area contributed by atoms with Crippen LogP contribution in [0.3, 0.4) is 0 Å². The molecule has 0 fully saturated rings. The van der Waals surface area contributed by atoms with Crippen molar-refractivity contribution in [2.75, 3.05) is 0 Å². The third-order valence-corrected chi connectivity index (χ3v) is 5.54. The number of rotatable bonds is 3. The molecule has 32 heavy (non-hydrogen) atoms. The van der Waals surface area contributed by atoms with Gasteiger partial charge in [-0.15, -0.1) is 0 Å². The molecule has 4 nitrogen and oxygen atoms in total. The highest BCUT2D eigenvalue weighted by molar-refractivity contribution is 7.90. The van der Waals surface area contributed by atoms with E-state index in [0.717, 1.165) is 11.1 Å². The number of allylic oxidation sites excluding steroid dienone is 1. The molecule has 0 unspecified atom stereocenters. The number of carbonyl (C=O) groups excluding carboxylic acids is 1. The van der Waals surface area contributed by atoms with Gasteiger partial charge in [0.05, 0.1) is 10.5 Å². The Labute approximate surface area is 186 Å². The molecular formula is C26H18FNO3S. The van der Waals surface area contributed by atoms with Gasteiger partial charge in [0.15, 0.2) is 0 Å². The maximum absolute atomic E-state index is 13.1. The number of hydrogen-bond donors (Lipinski definition) is 1. The van der Waals surface area contributed by atoms with Crippen molar-refractivity contribution in [1.82, 2.24) is 4.72 Å². The number of halogens is 1. The van der Waals surface area contributed by atoms with Crippen molar-refractivity contribution >= 4 is 15.9 Å². The van der Waals surface area contributed by atoms with Gasteiger partial charge in [0, 0.05) is 17.2 Å². The standard InChI is InChI=1S/C26H18FNO3S/c1-20-10-18-25(19-11-20)32(30,31)28-26(29)23(9-5-8-21-6-3-2-4-7-21)15-12-22-13-16-24(27)17-14-22/h2-4,6-7,9-11,13-14,16-19H,1H3,(H,28,29)/b23-9+. The fourth-order valence-electron chi connectivity index (χ4n) is 2.50. The van der Waals surface area contributed by atoms with Crippen molar-refractivity contribution in [3.05, 3.63) is 113 Å². The Morgan fingerprint density at radius 3 is 2.16 bits per heavy atom. The van der Waals surface area contributed by atoms with E-state index in [4.69, 9.17) is 0 Å². The number of hydrogen-bond acceptors (Lipinski definition) is 3. The largest absolute Gasteiger partial charge is 0.274 e. The van der Waals surface area contributed by atoms with E-state index in [9.17, 15) is 17.6 Å². The highest BCUT2D eigenvalue weighted by Crippen LogP contribution is 2.11. The van der Waals surface area contributed by atoms with E-state index >= 15 is 0 Å². The van der Waals surface area contributed by atoms with Crippen molar-refractivity contribution in [3.8, 4) is 23.7 Å². The zero-order valence-corrected chi connectivity index (χ0v) is 17.9. The average Bonchev–Trinajstić information content (AvgIpc) is 2.78. The fourth-order valence-corrected chi connectivity index (χ4v) is 3.46. The van der Waals surface area contributed by atoms with Crippen molar-refractivity contribution in [2.45, 2.75) is 11.8 Å². The van der Waals surface area contributed by atoms with E-state index in [1.165, 1.54) is 42.5 Å². The predicted molar refractivity (Wildman–Crippen MR) is 121 cm³/mol. The van der Waals surface area contributed by atoms with Gasteiger partial charge in [-0.25, -0.2) is 17.5 Å². The van der Waals surface area contributed by atoms with Gasteiger partial charge in [0.1, 0.15) is 5.82 Å². The van der Waals surface area contributed by atoms with Gasteiger partial charge in [-0.1, -0.05) is 59.6 Å². The van der Waals surface area contributed by atoms with Crippen molar-refractivity contribution in [3.63, 3.8) is 0 Å². The first-order chi connectivity index (χ1) is 15.3. The summed E-state index contributed by atoms with van der Waals surface area (Å²) in [7, 11) is -4.09. The quantitative estimate of drug-likeness (QED) is 0.492. The van der Waals surface area contributed by atoms with Crippen LogP contribution in [0.4, 0.5) is 4.39 Å². The first-order valence-corrected chi connectivity index (χ1v) is 11.0. The van der Waals surface area contributed by atoms with E-state index in [-0.39, 0.29) is 10.5 Å². The lowest BCUT2D eigenvalue weighted by molar-refractivity contribution is -0.115. The van der Waals surface area contributed by atoms with Crippen LogP contribution in [0, 0.1) is 36.4 Å². The molecule has 0 aliphatic carbocycles. The average molecular weight is 443 g/mol. The Balaban J connectivity index is 1.91. The number of nitrogens with one attached hydrogen (secondary N) is 1. The second-order valence-electron chi connectivity index (χ2n) is 6.70. The fraction of sp³-hybridized carbons (Fsp3) is 0.0385. The minimum absolute atomic E-state index is 0.0438. The SMILES string of the molecule is Cc1ccc(S(=O)(=O)NC(=O)/C(C#Cc2ccc(F)cc2)=C/C#Cc2ccccc2)cc1. The molecule has 0 aliphatic heterocycles. The Kier molecular flexibility index (Phi) is 7.23. The summed E-state index contributed by atoms with van der Waals surface area (Å²) < 4.78 is 40.3. The minimum atomic E-state index is -4.09. The zero-order valence-electron chi connectivity index (χ0n) is 17.1. The molecule has 0 aliphatic rings. The van der Waals surface area contributed by atoms with Crippen molar-refractivity contribution < 1.29 is 17.6 Å². The molecule has 0 bridgehead atoms. The van der Waals surface area contributed by atoms with Crippen LogP contribution in [0.5, 0.6) is 0 Å². The molecular weight excluding hydrogens is 425 g/mol. The molecule has 0 spiro atoms. The van der Waals surface area contributed by atoms with Gasteiger partial charge < -0.3 is 0 Å². The van der Waals surface area contributed by atoms with Crippen LogP contribution in [0.1, 0.15) is 16.7 Å². The van der Waals surface area contributed by atoms with Gasteiger partial charge in [0.25, 0.3) is 15.9 Å². The number of amides is 1. The number of sulfonamides is 1. The molecule has 1 N–H and O–H groups in total. The van der Waals surface area contributed by atoms with E-state index < -0.39 is 21.7 Å². The lowest BCUT2D eigenvalue weighted by Crippen LogP contribution is -2.31. The Hall–Kier alpha value is -4.13. The highest BCUT2D eigenvalue weighted by Gasteiger charge is 2.19. The summed E-state index contributed by atoms with van der Waals surface area (Å²) >= 11 is 0. The van der Waals surface area contributed by atoms with E-state index in [2.05, 4.69) is 23.7 Å². The van der Waals surface area contributed by atoms with Crippen molar-refractivity contribution in [2.24, 2.45) is 0 Å². The molecule has 158 valence electrons. The lowest BCUT2D eigenvalue weighted by atomic mass is 10.1. The highest BCUT2D eigenvalue weighted by atomic mass is 32.2. The summed E-state index contributed by atoms with van der Waals surface area (Å²) in [6.45, 7) is 1.83.